The van der Waals surface area contributed by atoms with E-state index < -0.39 is 6.23 Å². The highest BCUT2D eigenvalue weighted by Gasteiger charge is 2.38. The SMILES string of the molecule is CCC(N)CN1CCC/C1=C(/C)N=CC(C)C1=CC2=C(CC1)c1c(F)c3cc(-c4cnc(C5CCCN5C(=O)C(C)C(C)C)[nH]4)ccc3n1C(C1=CC(C)CC=C1)O2. The molecule has 0 radical (unpaired) electrons. The third-order valence-corrected chi connectivity index (χ3v) is 13.4. The molecule has 8 rings (SSSR count). The number of rotatable bonds is 11. The molecule has 2 aromatic heterocycles. The number of halogens is 1. The quantitative estimate of drug-likeness (QED) is 0.188. The minimum absolute atomic E-state index is 0.0489. The molecular formula is C48H62FN7O2. The van der Waals surface area contributed by atoms with Gasteiger partial charge in [-0.05, 0) is 88.3 Å². The molecule has 3 aromatic rings. The van der Waals surface area contributed by atoms with Gasteiger partial charge in [-0.15, -0.1) is 0 Å². The second-order valence-electron chi connectivity index (χ2n) is 17.8. The first-order chi connectivity index (χ1) is 27.9. The molecular weight excluding hydrogens is 726 g/mol. The van der Waals surface area contributed by atoms with Crippen LogP contribution in [0.15, 0.2) is 82.0 Å². The second kappa shape index (κ2) is 16.5. The standard InChI is InChI=1S/C48H62FN7O2/c1-8-36(50)27-54-20-10-14-40(54)32(7)51-25-30(5)33-16-18-37-43(24-33)58-48(35-13-9-12-29(4)22-35)56-41-19-17-34(23-38(41)44(49)45(37)56)39-26-52-46(53-39)42-15-11-21-55(42)47(57)31(6)28(2)3/h9,13,17,19,22-26,28-31,36,42,48H,8,10-12,14-16,18,20-21,27,50H2,1-7H3,(H,52,53)/b40-32+,51-25?. The molecule has 0 saturated carbocycles. The second-order valence-corrected chi connectivity index (χ2v) is 17.8. The van der Waals surface area contributed by atoms with E-state index >= 15 is 4.39 Å². The van der Waals surface area contributed by atoms with E-state index in [-0.39, 0.29) is 41.6 Å². The van der Waals surface area contributed by atoms with E-state index in [1.807, 2.05) is 36.2 Å². The number of hydrogen-bond donors (Lipinski definition) is 2. The van der Waals surface area contributed by atoms with Crippen molar-refractivity contribution in [3.05, 3.63) is 94.3 Å². The smallest absolute Gasteiger partial charge is 0.226 e. The van der Waals surface area contributed by atoms with Gasteiger partial charge in [0.25, 0.3) is 0 Å². The summed E-state index contributed by atoms with van der Waals surface area (Å²) in [6.07, 6.45) is 19.6. The lowest BCUT2D eigenvalue weighted by Crippen LogP contribution is -2.36. The highest BCUT2D eigenvalue weighted by atomic mass is 19.1. The first-order valence-corrected chi connectivity index (χ1v) is 21.9. The Balaban J connectivity index is 1.12. The van der Waals surface area contributed by atoms with Crippen molar-refractivity contribution in [2.75, 3.05) is 19.6 Å². The van der Waals surface area contributed by atoms with Crippen LogP contribution in [0.5, 0.6) is 0 Å². The number of nitrogens with zero attached hydrogens (tertiary/aromatic N) is 5. The molecule has 1 aromatic carbocycles. The van der Waals surface area contributed by atoms with Crippen LogP contribution in [0, 0.1) is 29.5 Å². The highest BCUT2D eigenvalue weighted by molar-refractivity contribution is 5.91. The molecule has 5 heterocycles. The van der Waals surface area contributed by atoms with Crippen LogP contribution in [0.4, 0.5) is 4.39 Å². The number of imidazole rings is 1. The van der Waals surface area contributed by atoms with E-state index in [2.05, 4.69) is 86.5 Å². The average molecular weight is 788 g/mol. The van der Waals surface area contributed by atoms with Crippen LogP contribution in [0.3, 0.4) is 0 Å². The van der Waals surface area contributed by atoms with Crippen LogP contribution in [-0.2, 0) is 9.53 Å². The molecule has 2 aliphatic carbocycles. The Kier molecular flexibility index (Phi) is 11.4. The Morgan fingerprint density at radius 3 is 2.76 bits per heavy atom. The molecule has 9 nitrogen and oxygen atoms in total. The zero-order chi connectivity index (χ0) is 40.8. The summed E-state index contributed by atoms with van der Waals surface area (Å²) < 4.78 is 26.2. The third kappa shape index (κ3) is 7.53. The van der Waals surface area contributed by atoms with Crippen molar-refractivity contribution in [1.82, 2.24) is 24.3 Å². The zero-order valence-electron chi connectivity index (χ0n) is 35.5. The summed E-state index contributed by atoms with van der Waals surface area (Å²) in [5.41, 5.74) is 14.9. The zero-order valence-corrected chi connectivity index (χ0v) is 35.5. The largest absolute Gasteiger partial charge is 0.466 e. The van der Waals surface area contributed by atoms with E-state index in [1.165, 1.54) is 11.3 Å². The number of benzene rings is 1. The summed E-state index contributed by atoms with van der Waals surface area (Å²) in [6.45, 7) is 17.5. The van der Waals surface area contributed by atoms with Gasteiger partial charge in [-0.1, -0.05) is 71.4 Å². The van der Waals surface area contributed by atoms with E-state index in [4.69, 9.17) is 20.4 Å². The minimum Gasteiger partial charge on any atom is -0.466 e. The summed E-state index contributed by atoms with van der Waals surface area (Å²) in [5.74, 6) is 2.17. The number of nitrogens with two attached hydrogens (primary N) is 1. The summed E-state index contributed by atoms with van der Waals surface area (Å²) >= 11 is 0. The lowest BCUT2D eigenvalue weighted by molar-refractivity contribution is -0.137. The Bertz CT molecular complexity index is 2250. The van der Waals surface area contributed by atoms with E-state index in [0.717, 1.165) is 110 Å². The number of fused-ring (bicyclic) bond motifs is 4. The molecule has 58 heavy (non-hydrogen) atoms. The van der Waals surface area contributed by atoms with Crippen molar-refractivity contribution in [2.24, 2.45) is 34.4 Å². The molecule has 5 aliphatic rings. The van der Waals surface area contributed by atoms with Gasteiger partial charge in [-0.3, -0.25) is 14.4 Å². The van der Waals surface area contributed by atoms with Crippen molar-refractivity contribution < 1.29 is 13.9 Å². The topological polar surface area (TPSA) is 105 Å². The fourth-order valence-corrected chi connectivity index (χ4v) is 9.47. The van der Waals surface area contributed by atoms with Gasteiger partial charge in [0.15, 0.2) is 5.82 Å². The number of aliphatic imine (C=N–C) groups is 1. The lowest BCUT2D eigenvalue weighted by atomic mass is 9.87. The molecule has 2 saturated heterocycles. The van der Waals surface area contributed by atoms with Gasteiger partial charge >= 0.3 is 0 Å². The predicted molar refractivity (Wildman–Crippen MR) is 232 cm³/mol. The first kappa shape index (κ1) is 40.1. The van der Waals surface area contributed by atoms with Gasteiger partial charge < -0.3 is 25.3 Å². The summed E-state index contributed by atoms with van der Waals surface area (Å²) in [5, 5.41) is 0.558. The Morgan fingerprint density at radius 2 is 1.98 bits per heavy atom. The number of nitrogens with one attached hydrogen (secondary N) is 1. The van der Waals surface area contributed by atoms with Crippen molar-refractivity contribution in [3.8, 4) is 11.3 Å². The van der Waals surface area contributed by atoms with Crippen LogP contribution in [0.1, 0.15) is 124 Å². The number of H-pyrrole nitrogens is 1. The molecule has 10 heteroatoms. The van der Waals surface area contributed by atoms with Gasteiger partial charge in [0.2, 0.25) is 12.1 Å². The number of amides is 1. The Hall–Kier alpha value is -4.70. The van der Waals surface area contributed by atoms with E-state index in [1.54, 1.807) is 0 Å². The van der Waals surface area contributed by atoms with Gasteiger partial charge in [-0.25, -0.2) is 9.37 Å². The number of aromatic nitrogens is 3. The van der Waals surface area contributed by atoms with Crippen LogP contribution >= 0.6 is 0 Å². The molecule has 6 atom stereocenters. The molecule has 6 unspecified atom stereocenters. The summed E-state index contributed by atoms with van der Waals surface area (Å²) in [7, 11) is 0. The van der Waals surface area contributed by atoms with Gasteiger partial charge in [0.1, 0.15) is 11.6 Å². The number of hydrogen-bond acceptors (Lipinski definition) is 6. The number of aromatic amines is 1. The Morgan fingerprint density at radius 1 is 1.16 bits per heavy atom. The van der Waals surface area contributed by atoms with Crippen molar-refractivity contribution >= 4 is 28.6 Å². The van der Waals surface area contributed by atoms with Crippen LogP contribution in [-0.4, -0.2) is 62.1 Å². The van der Waals surface area contributed by atoms with Gasteiger partial charge in [0, 0.05) is 71.5 Å². The van der Waals surface area contributed by atoms with E-state index in [0.29, 0.717) is 23.4 Å². The summed E-state index contributed by atoms with van der Waals surface area (Å²) in [6, 6.07) is 6.09. The minimum atomic E-state index is -0.502. The fraction of sp³-hybridized carbons (Fsp3) is 0.521. The molecule has 308 valence electrons. The van der Waals surface area contributed by atoms with Crippen molar-refractivity contribution in [2.45, 2.75) is 118 Å². The van der Waals surface area contributed by atoms with Crippen molar-refractivity contribution in [3.63, 3.8) is 0 Å². The molecule has 3 N–H and O–H groups in total. The monoisotopic (exact) mass is 787 g/mol. The third-order valence-electron chi connectivity index (χ3n) is 13.4. The van der Waals surface area contributed by atoms with Crippen LogP contribution in [0.25, 0.3) is 27.7 Å². The molecule has 1 amide bonds. The van der Waals surface area contributed by atoms with E-state index in [9.17, 15) is 4.79 Å². The maximum atomic E-state index is 17.2. The average Bonchev–Trinajstić information content (AvgIpc) is 4.05. The van der Waals surface area contributed by atoms with Crippen LogP contribution < -0.4 is 5.73 Å². The van der Waals surface area contributed by atoms with Crippen LogP contribution in [0.2, 0.25) is 0 Å². The lowest BCUT2D eigenvalue weighted by Gasteiger charge is -2.35. The predicted octanol–water partition coefficient (Wildman–Crippen LogP) is 10.4. The normalized spacial score (nSPS) is 24.6. The molecule has 0 spiro atoms. The fourth-order valence-electron chi connectivity index (χ4n) is 9.47. The number of carbonyl (C=O) groups excluding carboxylic acids is 1. The number of ether oxygens (including phenoxy) is 1. The van der Waals surface area contributed by atoms with Gasteiger partial charge in [0.05, 0.1) is 34.8 Å². The van der Waals surface area contributed by atoms with Gasteiger partial charge in [-0.2, -0.15) is 0 Å². The summed E-state index contributed by atoms with van der Waals surface area (Å²) in [4.78, 5) is 31.1. The maximum Gasteiger partial charge on any atom is 0.226 e. The maximum absolute atomic E-state index is 17.2. The molecule has 3 aliphatic heterocycles. The number of likely N-dealkylation sites (tertiary alicyclic amines) is 2. The number of allylic oxidation sites excluding steroid dienone is 7. The highest BCUT2D eigenvalue weighted by Crippen LogP contribution is 2.48. The van der Waals surface area contributed by atoms with Crippen molar-refractivity contribution in [1.29, 1.82) is 0 Å². The Labute approximate surface area is 343 Å². The molecule has 0 bridgehead atoms. The number of carbonyl (C=O) groups is 1. The first-order valence-electron chi connectivity index (χ1n) is 21.9. The molecule has 2 fully saturated rings.